The molecular weight excluding hydrogens is 174 g/mol. The molecule has 0 fully saturated rings. The first-order valence-electron chi connectivity index (χ1n) is 3.61. The number of rotatable bonds is 3. The van der Waals surface area contributed by atoms with Gasteiger partial charge in [-0.15, -0.1) is 0 Å². The van der Waals surface area contributed by atoms with Crippen molar-refractivity contribution < 1.29 is 14.4 Å². The first kappa shape index (κ1) is 9.69. The summed E-state index contributed by atoms with van der Waals surface area (Å²) in [5, 5.41) is 3.88. The minimum Gasteiger partial charge on any atom is -0.465 e. The summed E-state index contributed by atoms with van der Waals surface area (Å²) in [7, 11) is 3.00. The van der Waals surface area contributed by atoms with Crippen LogP contribution in [-0.2, 0) is 23.2 Å². The summed E-state index contributed by atoms with van der Waals surface area (Å²) in [6, 6.07) is 0. The average Bonchev–Trinajstić information content (AvgIpc) is 2.48. The number of hydrogen-bond donors (Lipinski definition) is 1. The van der Waals surface area contributed by atoms with Crippen molar-refractivity contribution in [3.8, 4) is 0 Å². The summed E-state index contributed by atoms with van der Waals surface area (Å²) in [4.78, 5) is 15.6. The van der Waals surface area contributed by atoms with Gasteiger partial charge in [0.15, 0.2) is 0 Å². The molecule has 0 amide bonds. The lowest BCUT2D eigenvalue weighted by Crippen LogP contribution is -2.10. The molecule has 0 saturated heterocycles. The Hall–Kier alpha value is -1.40. The summed E-state index contributed by atoms with van der Waals surface area (Å²) in [6.45, 7) is 0.126. The molecule has 0 aromatic carbocycles. The lowest BCUT2D eigenvalue weighted by molar-refractivity contribution is 0.0591. The number of esters is 1. The van der Waals surface area contributed by atoms with Gasteiger partial charge in [-0.3, -0.25) is 9.52 Å². The molecule has 0 atom stereocenters. The minimum absolute atomic E-state index is 0.126. The zero-order valence-electron chi connectivity index (χ0n) is 7.48. The molecule has 0 spiro atoms. The van der Waals surface area contributed by atoms with Gasteiger partial charge in [0.2, 0.25) is 0 Å². The van der Waals surface area contributed by atoms with Crippen LogP contribution in [0.4, 0.5) is 0 Å². The average molecular weight is 185 g/mol. The van der Waals surface area contributed by atoms with Crippen LogP contribution < -0.4 is 5.90 Å². The van der Waals surface area contributed by atoms with E-state index in [0.717, 1.165) is 0 Å². The zero-order chi connectivity index (χ0) is 9.84. The van der Waals surface area contributed by atoms with Crippen LogP contribution >= 0.6 is 0 Å². The Morgan fingerprint density at radius 1 is 1.77 bits per heavy atom. The van der Waals surface area contributed by atoms with E-state index in [0.29, 0.717) is 11.3 Å². The highest BCUT2D eigenvalue weighted by atomic mass is 16.6. The van der Waals surface area contributed by atoms with Gasteiger partial charge in [0.25, 0.3) is 0 Å². The Balaban J connectivity index is 2.99. The molecule has 2 N–H and O–H groups in total. The number of ether oxygens (including phenoxy) is 1. The van der Waals surface area contributed by atoms with Crippen molar-refractivity contribution >= 4 is 5.97 Å². The van der Waals surface area contributed by atoms with E-state index in [1.165, 1.54) is 18.0 Å². The van der Waals surface area contributed by atoms with Gasteiger partial charge < -0.3 is 4.74 Å². The molecule has 1 aromatic heterocycles. The first-order valence-corrected chi connectivity index (χ1v) is 3.61. The molecule has 6 nitrogen and oxygen atoms in total. The van der Waals surface area contributed by atoms with E-state index in [-0.39, 0.29) is 6.61 Å². The van der Waals surface area contributed by atoms with E-state index in [2.05, 4.69) is 14.7 Å². The number of hydrogen-bond acceptors (Lipinski definition) is 5. The SMILES string of the molecule is COC(=O)c1cnn(C)c1CON. The van der Waals surface area contributed by atoms with Crippen molar-refractivity contribution in [2.75, 3.05) is 7.11 Å². The number of nitrogens with zero attached hydrogens (tertiary/aromatic N) is 2. The molecule has 0 aliphatic rings. The maximum atomic E-state index is 11.2. The second kappa shape index (κ2) is 4.01. The molecule has 0 unspecified atom stereocenters. The third-order valence-corrected chi connectivity index (χ3v) is 1.69. The van der Waals surface area contributed by atoms with Gasteiger partial charge in [-0.2, -0.15) is 5.10 Å². The lowest BCUT2D eigenvalue weighted by atomic mass is 10.2. The summed E-state index contributed by atoms with van der Waals surface area (Å²) in [5.41, 5.74) is 0.963. The molecule has 72 valence electrons. The topological polar surface area (TPSA) is 79.4 Å². The number of aromatic nitrogens is 2. The Bertz CT molecular complexity index is 308. The van der Waals surface area contributed by atoms with Crippen LogP contribution in [0.2, 0.25) is 0 Å². The second-order valence-corrected chi connectivity index (χ2v) is 2.43. The largest absolute Gasteiger partial charge is 0.465 e. The molecule has 6 heteroatoms. The smallest absolute Gasteiger partial charge is 0.341 e. The molecule has 0 saturated carbocycles. The fraction of sp³-hybridized carbons (Fsp3) is 0.429. The minimum atomic E-state index is -0.444. The van der Waals surface area contributed by atoms with E-state index < -0.39 is 5.97 Å². The molecule has 1 aromatic rings. The number of nitrogens with two attached hydrogens (primary N) is 1. The highest BCUT2D eigenvalue weighted by Gasteiger charge is 2.15. The van der Waals surface area contributed by atoms with Gasteiger partial charge >= 0.3 is 5.97 Å². The van der Waals surface area contributed by atoms with Crippen molar-refractivity contribution in [3.63, 3.8) is 0 Å². The quantitative estimate of drug-likeness (QED) is 0.512. The fourth-order valence-corrected chi connectivity index (χ4v) is 0.993. The standard InChI is InChI=1S/C7H11N3O3/c1-10-6(4-13-8)5(3-9-10)7(11)12-2/h3H,4,8H2,1-2H3. The predicted molar refractivity (Wildman–Crippen MR) is 43.5 cm³/mol. The van der Waals surface area contributed by atoms with Crippen LogP contribution in [0.15, 0.2) is 6.20 Å². The molecule has 1 rings (SSSR count). The Kier molecular flexibility index (Phi) is 2.99. The Labute approximate surface area is 75.2 Å². The van der Waals surface area contributed by atoms with Crippen molar-refractivity contribution in [3.05, 3.63) is 17.5 Å². The summed E-state index contributed by atoms with van der Waals surface area (Å²) < 4.78 is 6.06. The highest BCUT2D eigenvalue weighted by Crippen LogP contribution is 2.09. The van der Waals surface area contributed by atoms with Gasteiger partial charge in [-0.25, -0.2) is 10.7 Å². The van der Waals surface area contributed by atoms with Crippen LogP contribution in [-0.4, -0.2) is 22.9 Å². The Morgan fingerprint density at radius 3 is 3.00 bits per heavy atom. The van der Waals surface area contributed by atoms with Gasteiger partial charge in [0.1, 0.15) is 12.2 Å². The number of carbonyl (C=O) groups is 1. The van der Waals surface area contributed by atoms with Gasteiger partial charge in [0.05, 0.1) is 19.0 Å². The Morgan fingerprint density at radius 2 is 2.46 bits per heavy atom. The lowest BCUT2D eigenvalue weighted by Gasteiger charge is -2.02. The summed E-state index contributed by atoms with van der Waals surface area (Å²) >= 11 is 0. The van der Waals surface area contributed by atoms with Crippen LogP contribution in [0.5, 0.6) is 0 Å². The van der Waals surface area contributed by atoms with Gasteiger partial charge in [-0.05, 0) is 0 Å². The molecule has 13 heavy (non-hydrogen) atoms. The summed E-state index contributed by atoms with van der Waals surface area (Å²) in [5.74, 6) is 4.46. The molecule has 0 bridgehead atoms. The van der Waals surface area contributed by atoms with E-state index in [1.54, 1.807) is 7.05 Å². The summed E-state index contributed by atoms with van der Waals surface area (Å²) in [6.07, 6.45) is 1.42. The molecule has 0 radical (unpaired) electrons. The van der Waals surface area contributed by atoms with Crippen LogP contribution in [0.3, 0.4) is 0 Å². The van der Waals surface area contributed by atoms with Crippen LogP contribution in [0.1, 0.15) is 16.1 Å². The van der Waals surface area contributed by atoms with Crippen LogP contribution in [0.25, 0.3) is 0 Å². The number of methoxy groups -OCH3 is 1. The number of aryl methyl sites for hydroxylation is 1. The predicted octanol–water partition coefficient (Wildman–Crippen LogP) is -0.403. The van der Waals surface area contributed by atoms with E-state index in [1.807, 2.05) is 0 Å². The molecule has 1 heterocycles. The maximum absolute atomic E-state index is 11.2. The van der Waals surface area contributed by atoms with Crippen molar-refractivity contribution in [2.45, 2.75) is 6.61 Å². The monoisotopic (exact) mass is 185 g/mol. The maximum Gasteiger partial charge on any atom is 0.341 e. The third kappa shape index (κ3) is 1.85. The van der Waals surface area contributed by atoms with E-state index in [9.17, 15) is 4.79 Å². The normalized spacial score (nSPS) is 10.1. The highest BCUT2D eigenvalue weighted by molar-refractivity contribution is 5.90. The van der Waals surface area contributed by atoms with Crippen molar-refractivity contribution in [1.82, 2.24) is 9.78 Å². The van der Waals surface area contributed by atoms with Crippen molar-refractivity contribution in [1.29, 1.82) is 0 Å². The zero-order valence-corrected chi connectivity index (χ0v) is 7.48. The van der Waals surface area contributed by atoms with E-state index >= 15 is 0 Å². The van der Waals surface area contributed by atoms with Gasteiger partial charge in [-0.1, -0.05) is 0 Å². The van der Waals surface area contributed by atoms with Crippen LogP contribution in [0, 0.1) is 0 Å². The third-order valence-electron chi connectivity index (χ3n) is 1.69. The first-order chi connectivity index (χ1) is 6.20. The second-order valence-electron chi connectivity index (χ2n) is 2.43. The van der Waals surface area contributed by atoms with Crippen molar-refractivity contribution in [2.24, 2.45) is 12.9 Å². The molecule has 0 aliphatic heterocycles. The van der Waals surface area contributed by atoms with E-state index in [4.69, 9.17) is 5.90 Å². The fourth-order valence-electron chi connectivity index (χ4n) is 0.993. The number of carbonyl (C=O) groups excluding carboxylic acids is 1. The molecular formula is C7H11N3O3. The molecule has 0 aliphatic carbocycles. The van der Waals surface area contributed by atoms with Gasteiger partial charge in [0, 0.05) is 7.05 Å².